The second-order valence-corrected chi connectivity index (χ2v) is 7.71. The average Bonchev–Trinajstić information content (AvgIpc) is 2.46. The molecule has 0 amide bonds. The van der Waals surface area contributed by atoms with Crippen LogP contribution in [0.5, 0.6) is 0 Å². The average molecular weight is 287 g/mol. The molecule has 118 valence electrons. The summed E-state index contributed by atoms with van der Waals surface area (Å²) in [6.45, 7) is 11.7. The summed E-state index contributed by atoms with van der Waals surface area (Å²) in [5.74, 6) is 1.15. The van der Waals surface area contributed by atoms with Crippen molar-refractivity contribution in [2.45, 2.75) is 84.1 Å². The van der Waals surface area contributed by atoms with Crippen LogP contribution in [0.2, 0.25) is 0 Å². The van der Waals surface area contributed by atoms with Crippen molar-refractivity contribution < 1.29 is 0 Å². The minimum absolute atomic E-state index is 0.326. The van der Waals surface area contributed by atoms with E-state index in [0.29, 0.717) is 17.4 Å². The van der Waals surface area contributed by atoms with Crippen LogP contribution in [0.3, 0.4) is 0 Å². The SMILES string of the molecule is CC(C)c1cccc(C(C)C)c1N(C)C1(C)CCCCC1. The second-order valence-electron chi connectivity index (χ2n) is 7.71. The summed E-state index contributed by atoms with van der Waals surface area (Å²) in [5, 5.41) is 0. The summed E-state index contributed by atoms with van der Waals surface area (Å²) in [7, 11) is 2.33. The Hall–Kier alpha value is -0.980. The molecule has 0 spiro atoms. The zero-order chi connectivity index (χ0) is 15.6. The Morgan fingerprint density at radius 3 is 1.81 bits per heavy atom. The fraction of sp³-hybridized carbons (Fsp3) is 0.700. The van der Waals surface area contributed by atoms with Gasteiger partial charge in [0.25, 0.3) is 0 Å². The van der Waals surface area contributed by atoms with Crippen molar-refractivity contribution in [3.8, 4) is 0 Å². The van der Waals surface area contributed by atoms with Crippen molar-refractivity contribution in [1.29, 1.82) is 0 Å². The number of hydrogen-bond donors (Lipinski definition) is 0. The fourth-order valence-electron chi connectivity index (χ4n) is 3.82. The Morgan fingerprint density at radius 2 is 1.38 bits per heavy atom. The van der Waals surface area contributed by atoms with Crippen LogP contribution in [0.4, 0.5) is 5.69 Å². The van der Waals surface area contributed by atoms with Gasteiger partial charge in [0.05, 0.1) is 0 Å². The van der Waals surface area contributed by atoms with Crippen molar-refractivity contribution in [1.82, 2.24) is 0 Å². The normalized spacial score (nSPS) is 18.3. The highest BCUT2D eigenvalue weighted by Gasteiger charge is 2.33. The first kappa shape index (κ1) is 16.4. The highest BCUT2D eigenvalue weighted by Crippen LogP contribution is 2.41. The maximum absolute atomic E-state index is 2.62. The molecular formula is C20H33N. The van der Waals surface area contributed by atoms with Crippen molar-refractivity contribution in [3.05, 3.63) is 29.3 Å². The number of para-hydroxylation sites is 1. The highest BCUT2D eigenvalue weighted by atomic mass is 15.2. The van der Waals surface area contributed by atoms with Gasteiger partial charge in [0.1, 0.15) is 0 Å². The first-order chi connectivity index (χ1) is 9.87. The van der Waals surface area contributed by atoms with Crippen molar-refractivity contribution in [2.75, 3.05) is 11.9 Å². The van der Waals surface area contributed by atoms with Gasteiger partial charge in [-0.05, 0) is 42.7 Å². The molecule has 0 N–H and O–H groups in total. The van der Waals surface area contributed by atoms with Crippen LogP contribution in [-0.4, -0.2) is 12.6 Å². The van der Waals surface area contributed by atoms with E-state index in [2.05, 4.69) is 64.8 Å². The molecule has 1 heteroatoms. The number of benzene rings is 1. The summed E-state index contributed by atoms with van der Waals surface area (Å²) >= 11 is 0. The molecule has 1 fully saturated rings. The first-order valence-electron chi connectivity index (χ1n) is 8.73. The van der Waals surface area contributed by atoms with Gasteiger partial charge in [0.15, 0.2) is 0 Å². The largest absolute Gasteiger partial charge is 0.369 e. The van der Waals surface area contributed by atoms with Crippen LogP contribution in [0, 0.1) is 0 Å². The summed E-state index contributed by atoms with van der Waals surface area (Å²) in [6.07, 6.45) is 6.82. The van der Waals surface area contributed by atoms with E-state index in [1.807, 2.05) is 0 Å². The molecule has 0 heterocycles. The van der Waals surface area contributed by atoms with Crippen LogP contribution < -0.4 is 4.90 Å². The number of anilines is 1. The smallest absolute Gasteiger partial charge is 0.0438 e. The van der Waals surface area contributed by atoms with Crippen molar-refractivity contribution in [3.63, 3.8) is 0 Å². The Kier molecular flexibility index (Phi) is 5.01. The third-order valence-electron chi connectivity index (χ3n) is 5.42. The monoisotopic (exact) mass is 287 g/mol. The summed E-state index contributed by atoms with van der Waals surface area (Å²) < 4.78 is 0. The van der Waals surface area contributed by atoms with Gasteiger partial charge in [-0.1, -0.05) is 65.2 Å². The standard InChI is InChI=1S/C20H33N/c1-15(2)17-11-10-12-18(16(3)4)19(17)21(6)20(5)13-8-7-9-14-20/h10-12,15-16H,7-9,13-14H2,1-6H3. The van der Waals surface area contributed by atoms with Gasteiger partial charge in [0, 0.05) is 18.3 Å². The molecule has 1 aliphatic rings. The Labute approximate surface area is 131 Å². The van der Waals surface area contributed by atoms with Gasteiger partial charge < -0.3 is 4.90 Å². The molecule has 0 bridgehead atoms. The van der Waals surface area contributed by atoms with Crippen molar-refractivity contribution in [2.24, 2.45) is 0 Å². The van der Waals surface area contributed by atoms with E-state index in [1.54, 1.807) is 0 Å². The summed E-state index contributed by atoms with van der Waals surface area (Å²) in [4.78, 5) is 2.62. The lowest BCUT2D eigenvalue weighted by molar-refractivity contribution is 0.308. The Bertz CT molecular complexity index is 440. The molecule has 0 saturated heterocycles. The van der Waals surface area contributed by atoms with E-state index in [4.69, 9.17) is 0 Å². The van der Waals surface area contributed by atoms with Crippen molar-refractivity contribution >= 4 is 5.69 Å². The van der Waals surface area contributed by atoms with Crippen LogP contribution in [0.15, 0.2) is 18.2 Å². The molecule has 21 heavy (non-hydrogen) atoms. The topological polar surface area (TPSA) is 3.24 Å². The van der Waals surface area contributed by atoms with Gasteiger partial charge >= 0.3 is 0 Å². The predicted molar refractivity (Wildman–Crippen MR) is 94.5 cm³/mol. The molecule has 1 nitrogen and oxygen atoms in total. The summed E-state index contributed by atoms with van der Waals surface area (Å²) in [6, 6.07) is 6.90. The maximum Gasteiger partial charge on any atom is 0.0438 e. The minimum Gasteiger partial charge on any atom is -0.369 e. The highest BCUT2D eigenvalue weighted by molar-refractivity contribution is 5.63. The number of nitrogens with zero attached hydrogens (tertiary/aromatic N) is 1. The molecule has 1 saturated carbocycles. The van der Waals surface area contributed by atoms with Crippen LogP contribution >= 0.6 is 0 Å². The van der Waals surface area contributed by atoms with Gasteiger partial charge in [-0.25, -0.2) is 0 Å². The molecule has 1 aliphatic carbocycles. The molecule has 0 atom stereocenters. The molecule has 1 aromatic carbocycles. The lowest BCUT2D eigenvalue weighted by Crippen LogP contribution is -2.46. The lowest BCUT2D eigenvalue weighted by atomic mass is 9.80. The molecule has 1 aromatic rings. The van der Waals surface area contributed by atoms with Crippen LogP contribution in [0.25, 0.3) is 0 Å². The molecule has 0 unspecified atom stereocenters. The molecule has 0 radical (unpaired) electrons. The van der Waals surface area contributed by atoms with E-state index in [9.17, 15) is 0 Å². The third-order valence-corrected chi connectivity index (χ3v) is 5.42. The van der Waals surface area contributed by atoms with E-state index in [1.165, 1.54) is 48.9 Å². The van der Waals surface area contributed by atoms with Gasteiger partial charge in [-0.3, -0.25) is 0 Å². The van der Waals surface area contributed by atoms with Gasteiger partial charge in [-0.2, -0.15) is 0 Å². The molecule has 2 rings (SSSR count). The number of rotatable bonds is 4. The summed E-state index contributed by atoms with van der Waals surface area (Å²) in [5.41, 5.74) is 4.85. The zero-order valence-electron chi connectivity index (χ0n) is 14.9. The van der Waals surface area contributed by atoms with Crippen LogP contribution in [-0.2, 0) is 0 Å². The van der Waals surface area contributed by atoms with E-state index >= 15 is 0 Å². The van der Waals surface area contributed by atoms with E-state index in [-0.39, 0.29) is 0 Å². The van der Waals surface area contributed by atoms with Crippen LogP contribution in [0.1, 0.15) is 89.7 Å². The molecule has 0 aliphatic heterocycles. The first-order valence-corrected chi connectivity index (χ1v) is 8.73. The Morgan fingerprint density at radius 1 is 0.905 bits per heavy atom. The molecule has 0 aromatic heterocycles. The van der Waals surface area contributed by atoms with Gasteiger partial charge in [-0.15, -0.1) is 0 Å². The second kappa shape index (κ2) is 6.42. The maximum atomic E-state index is 2.62. The Balaban J connectivity index is 2.49. The molecular weight excluding hydrogens is 254 g/mol. The predicted octanol–water partition coefficient (Wildman–Crippen LogP) is 6.09. The lowest BCUT2D eigenvalue weighted by Gasteiger charge is -2.45. The fourth-order valence-corrected chi connectivity index (χ4v) is 3.82. The quantitative estimate of drug-likeness (QED) is 0.647. The van der Waals surface area contributed by atoms with Gasteiger partial charge in [0.2, 0.25) is 0 Å². The van der Waals surface area contributed by atoms with E-state index in [0.717, 1.165) is 0 Å². The minimum atomic E-state index is 0.326. The van der Waals surface area contributed by atoms with E-state index < -0.39 is 0 Å². The zero-order valence-corrected chi connectivity index (χ0v) is 14.9. The number of hydrogen-bond acceptors (Lipinski definition) is 1. The third kappa shape index (κ3) is 3.27.